The summed E-state index contributed by atoms with van der Waals surface area (Å²) in [5, 5.41) is 0. The van der Waals surface area contributed by atoms with E-state index in [9.17, 15) is 0 Å². The minimum absolute atomic E-state index is 0.110. The van der Waals surface area contributed by atoms with E-state index in [1.807, 2.05) is 0 Å². The van der Waals surface area contributed by atoms with Crippen molar-refractivity contribution in [3.05, 3.63) is 0 Å². The molecule has 0 aromatic heterocycles. The zero-order chi connectivity index (χ0) is 17.1. The Kier molecular flexibility index (Phi) is 7.01. The fourth-order valence-electron chi connectivity index (χ4n) is 2.82. The molecule has 0 bridgehead atoms. The van der Waals surface area contributed by atoms with Gasteiger partial charge in [0.1, 0.15) is 24.4 Å². The van der Waals surface area contributed by atoms with Gasteiger partial charge in [0.25, 0.3) is 0 Å². The minimum atomic E-state index is -0.110. The summed E-state index contributed by atoms with van der Waals surface area (Å²) in [6.07, 6.45) is 1.91. The number of fused-ring (bicyclic) bond motifs is 2. The Morgan fingerprint density at radius 2 is 1.21 bits per heavy atom. The van der Waals surface area contributed by atoms with Crippen LogP contribution in [-0.2, 0) is 28.4 Å². The third-order valence-electron chi connectivity index (χ3n) is 4.08. The standard InChI is InChI=1S/2C7H10O3S2/c2*1-8-6-2-4-5(9-6)3-12-7(11)10-4/h2*4-6H,2-3H2,1H3/t4-,5+,6+;4-,5+,6-/m00/s1. The quantitative estimate of drug-likeness (QED) is 0.632. The van der Waals surface area contributed by atoms with Gasteiger partial charge in [0.15, 0.2) is 12.6 Å². The van der Waals surface area contributed by atoms with Crippen molar-refractivity contribution < 1.29 is 28.4 Å². The molecule has 0 amide bonds. The molecule has 0 saturated carbocycles. The highest BCUT2D eigenvalue weighted by Gasteiger charge is 2.41. The van der Waals surface area contributed by atoms with Crippen LogP contribution in [0.2, 0.25) is 0 Å². The number of thiocarbonyl (C=S) groups is 2. The highest BCUT2D eigenvalue weighted by Crippen LogP contribution is 2.33. The van der Waals surface area contributed by atoms with Crippen LogP contribution in [0.1, 0.15) is 12.8 Å². The van der Waals surface area contributed by atoms with Gasteiger partial charge in [-0.25, -0.2) is 0 Å². The second-order valence-electron chi connectivity index (χ2n) is 5.59. The van der Waals surface area contributed by atoms with Gasteiger partial charge in [-0.3, -0.25) is 0 Å². The molecular formula is C14H20O6S4. The molecule has 0 spiro atoms. The summed E-state index contributed by atoms with van der Waals surface area (Å²) in [7, 11) is 3.29. The number of rotatable bonds is 2. The van der Waals surface area contributed by atoms with E-state index in [-0.39, 0.29) is 37.0 Å². The van der Waals surface area contributed by atoms with Gasteiger partial charge in [0.05, 0.1) is 0 Å². The van der Waals surface area contributed by atoms with Crippen molar-refractivity contribution in [2.24, 2.45) is 0 Å². The lowest BCUT2D eigenvalue weighted by atomic mass is 10.2. The van der Waals surface area contributed by atoms with Crippen molar-refractivity contribution in [1.29, 1.82) is 0 Å². The fraction of sp³-hybridized carbons (Fsp3) is 0.857. The van der Waals surface area contributed by atoms with Crippen LogP contribution in [0.3, 0.4) is 0 Å². The third-order valence-corrected chi connectivity index (χ3v) is 6.64. The molecule has 0 aliphatic carbocycles. The van der Waals surface area contributed by atoms with Gasteiger partial charge >= 0.3 is 0 Å². The first-order valence-electron chi connectivity index (χ1n) is 7.62. The molecule has 24 heavy (non-hydrogen) atoms. The van der Waals surface area contributed by atoms with Gasteiger partial charge in [0.2, 0.25) is 8.77 Å². The third kappa shape index (κ3) is 4.73. The van der Waals surface area contributed by atoms with Gasteiger partial charge in [-0.15, -0.1) is 0 Å². The Hall–Kier alpha value is 0.320. The minimum Gasteiger partial charge on any atom is -0.472 e. The lowest BCUT2D eigenvalue weighted by Crippen LogP contribution is -2.32. The molecule has 4 heterocycles. The smallest absolute Gasteiger partial charge is 0.220 e. The predicted molar refractivity (Wildman–Crippen MR) is 100 cm³/mol. The van der Waals surface area contributed by atoms with E-state index in [2.05, 4.69) is 0 Å². The van der Waals surface area contributed by atoms with Crippen molar-refractivity contribution >= 4 is 56.7 Å². The molecule has 4 rings (SSSR count). The van der Waals surface area contributed by atoms with E-state index < -0.39 is 0 Å². The largest absolute Gasteiger partial charge is 0.472 e. The van der Waals surface area contributed by atoms with Crippen LogP contribution in [0.5, 0.6) is 0 Å². The number of hydrogen-bond acceptors (Lipinski definition) is 10. The van der Waals surface area contributed by atoms with Crippen LogP contribution < -0.4 is 0 Å². The maximum Gasteiger partial charge on any atom is 0.220 e. The molecule has 0 N–H and O–H groups in total. The van der Waals surface area contributed by atoms with Gasteiger partial charge in [0, 0.05) is 38.6 Å². The number of thioether (sulfide) groups is 2. The summed E-state index contributed by atoms with van der Waals surface area (Å²) in [5.41, 5.74) is 0. The Bertz CT molecular complexity index is 436. The van der Waals surface area contributed by atoms with E-state index in [4.69, 9.17) is 52.9 Å². The van der Waals surface area contributed by atoms with E-state index in [1.165, 1.54) is 23.5 Å². The Morgan fingerprint density at radius 3 is 1.58 bits per heavy atom. The average molecular weight is 413 g/mol. The summed E-state index contributed by atoms with van der Waals surface area (Å²) in [6.45, 7) is 0. The van der Waals surface area contributed by atoms with Gasteiger partial charge in [-0.1, -0.05) is 23.5 Å². The molecule has 4 saturated heterocycles. The zero-order valence-corrected chi connectivity index (χ0v) is 16.6. The number of methoxy groups -OCH3 is 2. The van der Waals surface area contributed by atoms with E-state index in [1.54, 1.807) is 14.2 Å². The Labute approximate surface area is 160 Å². The molecule has 0 aromatic rings. The van der Waals surface area contributed by atoms with E-state index >= 15 is 0 Å². The molecule has 6 nitrogen and oxygen atoms in total. The second-order valence-corrected chi connectivity index (χ2v) is 8.83. The summed E-state index contributed by atoms with van der Waals surface area (Å²) in [6, 6.07) is 0. The van der Waals surface area contributed by atoms with Crippen molar-refractivity contribution in [2.45, 2.75) is 49.8 Å². The summed E-state index contributed by atoms with van der Waals surface area (Å²) < 4.78 is 33.4. The Morgan fingerprint density at radius 1 is 0.792 bits per heavy atom. The van der Waals surface area contributed by atoms with Crippen LogP contribution in [0.4, 0.5) is 0 Å². The molecule has 0 unspecified atom stereocenters. The fourth-order valence-corrected chi connectivity index (χ4v) is 5.05. The highest BCUT2D eigenvalue weighted by atomic mass is 32.2. The highest BCUT2D eigenvalue weighted by molar-refractivity contribution is 8.23. The number of ether oxygens (including phenoxy) is 6. The summed E-state index contributed by atoms with van der Waals surface area (Å²) >= 11 is 13.0. The van der Waals surface area contributed by atoms with Crippen molar-refractivity contribution in [3.8, 4) is 0 Å². The lowest BCUT2D eigenvalue weighted by molar-refractivity contribution is -0.111. The lowest BCUT2D eigenvalue weighted by Gasteiger charge is -2.24. The first kappa shape index (κ1) is 19.1. The van der Waals surface area contributed by atoms with Crippen LogP contribution in [0.25, 0.3) is 0 Å². The van der Waals surface area contributed by atoms with E-state index in [0.717, 1.165) is 24.3 Å². The molecule has 0 aromatic carbocycles. The summed E-state index contributed by atoms with van der Waals surface area (Å²) in [5.74, 6) is 1.78. The zero-order valence-electron chi connectivity index (χ0n) is 13.4. The van der Waals surface area contributed by atoms with Crippen molar-refractivity contribution in [3.63, 3.8) is 0 Å². The van der Waals surface area contributed by atoms with Crippen LogP contribution in [0, 0.1) is 0 Å². The first-order valence-corrected chi connectivity index (χ1v) is 10.4. The molecular weight excluding hydrogens is 392 g/mol. The van der Waals surface area contributed by atoms with Crippen molar-refractivity contribution in [2.75, 3.05) is 25.7 Å². The average Bonchev–Trinajstić information content (AvgIpc) is 3.17. The monoisotopic (exact) mass is 412 g/mol. The molecule has 0 radical (unpaired) electrons. The molecule has 4 aliphatic rings. The SMILES string of the molecule is CO[C@@H]1C[C@@H]2OC(=S)SC[C@H]2O1.CO[C@H]1C[C@@H]2OC(=S)SC[C@H]2O1. The normalized spacial score (nSPS) is 40.8. The topological polar surface area (TPSA) is 55.4 Å². The van der Waals surface area contributed by atoms with Crippen LogP contribution >= 0.6 is 48.0 Å². The van der Waals surface area contributed by atoms with Gasteiger partial charge in [-0.05, 0) is 24.4 Å². The van der Waals surface area contributed by atoms with Gasteiger partial charge in [-0.2, -0.15) is 0 Å². The number of hydrogen-bond donors (Lipinski definition) is 0. The molecule has 136 valence electrons. The Balaban J connectivity index is 0.000000141. The maximum absolute atomic E-state index is 5.54. The second kappa shape index (κ2) is 8.81. The predicted octanol–water partition coefficient (Wildman–Crippen LogP) is 2.33. The molecule has 4 fully saturated rings. The van der Waals surface area contributed by atoms with Crippen LogP contribution in [-0.4, -0.2) is 71.5 Å². The maximum atomic E-state index is 5.54. The van der Waals surface area contributed by atoms with Gasteiger partial charge < -0.3 is 28.4 Å². The summed E-state index contributed by atoms with van der Waals surface area (Å²) in [4.78, 5) is 0. The molecule has 10 heteroatoms. The molecule has 6 atom stereocenters. The van der Waals surface area contributed by atoms with Crippen LogP contribution in [0.15, 0.2) is 0 Å². The first-order chi connectivity index (χ1) is 11.6. The van der Waals surface area contributed by atoms with E-state index in [0.29, 0.717) is 8.77 Å². The van der Waals surface area contributed by atoms with Crippen molar-refractivity contribution in [1.82, 2.24) is 0 Å². The molecule has 4 aliphatic heterocycles.